The molecule has 2 aliphatic heterocycles. The highest BCUT2D eigenvalue weighted by atomic mass is 16.1. The summed E-state index contributed by atoms with van der Waals surface area (Å²) in [7, 11) is 0. The molecular formula is C47H38N4O. The molecule has 0 radical (unpaired) electrons. The van der Waals surface area contributed by atoms with Crippen LogP contribution in [0.15, 0.2) is 192 Å². The minimum atomic E-state index is -0.0743. The Kier molecular flexibility index (Phi) is 9.48. The van der Waals surface area contributed by atoms with Crippen molar-refractivity contribution in [2.45, 2.75) is 24.9 Å². The topological polar surface area (TPSA) is 48.3 Å². The second-order valence-electron chi connectivity index (χ2n) is 13.0. The quantitative estimate of drug-likeness (QED) is 0.136. The lowest BCUT2D eigenvalue weighted by Crippen LogP contribution is -2.18. The summed E-state index contributed by atoms with van der Waals surface area (Å²) in [6.07, 6.45) is 8.60. The van der Waals surface area contributed by atoms with Gasteiger partial charge in [0.2, 0.25) is 0 Å². The normalized spacial score (nSPS) is 17.2. The summed E-state index contributed by atoms with van der Waals surface area (Å²) in [6, 6.07) is 58.4. The third-order valence-electron chi connectivity index (χ3n) is 9.60. The number of allylic oxidation sites excluding steroid dienone is 2. The van der Waals surface area contributed by atoms with Crippen molar-refractivity contribution < 1.29 is 4.79 Å². The van der Waals surface area contributed by atoms with Gasteiger partial charge in [0.15, 0.2) is 5.78 Å². The molecule has 0 saturated carbocycles. The molecule has 2 aliphatic rings. The van der Waals surface area contributed by atoms with Crippen molar-refractivity contribution in [3.05, 3.63) is 215 Å². The van der Waals surface area contributed by atoms with Gasteiger partial charge in [-0.2, -0.15) is 10.2 Å². The Morgan fingerprint density at radius 1 is 0.462 bits per heavy atom. The molecule has 0 amide bonds. The fourth-order valence-electron chi connectivity index (χ4n) is 6.87. The molecule has 6 aromatic carbocycles. The maximum atomic E-state index is 12.9. The molecule has 0 bridgehead atoms. The third kappa shape index (κ3) is 7.30. The number of hydrogen-bond donors (Lipinski definition) is 0. The van der Waals surface area contributed by atoms with Crippen molar-refractivity contribution in [2.75, 3.05) is 10.0 Å². The Labute approximate surface area is 305 Å². The largest absolute Gasteiger partial charge is 0.290 e. The van der Waals surface area contributed by atoms with E-state index >= 15 is 0 Å². The second-order valence-corrected chi connectivity index (χ2v) is 13.0. The second kappa shape index (κ2) is 15.1. The lowest BCUT2D eigenvalue weighted by Gasteiger charge is -2.24. The molecule has 0 N–H and O–H groups in total. The number of rotatable bonds is 10. The molecule has 5 nitrogen and oxygen atoms in total. The van der Waals surface area contributed by atoms with Gasteiger partial charge in [-0.1, -0.05) is 158 Å². The van der Waals surface area contributed by atoms with Crippen LogP contribution >= 0.6 is 0 Å². The highest BCUT2D eigenvalue weighted by Crippen LogP contribution is 2.38. The zero-order valence-electron chi connectivity index (χ0n) is 28.7. The number of hydrazone groups is 2. The van der Waals surface area contributed by atoms with Gasteiger partial charge in [-0.25, -0.2) is 0 Å². The van der Waals surface area contributed by atoms with E-state index in [-0.39, 0.29) is 17.9 Å². The molecule has 0 aliphatic carbocycles. The van der Waals surface area contributed by atoms with Crippen LogP contribution < -0.4 is 10.0 Å². The van der Waals surface area contributed by atoms with E-state index in [1.165, 1.54) is 11.1 Å². The van der Waals surface area contributed by atoms with Gasteiger partial charge in [0.05, 0.1) is 34.9 Å². The van der Waals surface area contributed by atoms with Gasteiger partial charge in [0.25, 0.3) is 0 Å². The Morgan fingerprint density at radius 3 is 1.17 bits per heavy atom. The maximum absolute atomic E-state index is 12.9. The first-order valence-electron chi connectivity index (χ1n) is 17.7. The van der Waals surface area contributed by atoms with Gasteiger partial charge >= 0.3 is 0 Å². The third-order valence-corrected chi connectivity index (χ3v) is 9.60. The number of anilines is 2. The van der Waals surface area contributed by atoms with Crippen molar-refractivity contribution in [2.24, 2.45) is 10.2 Å². The van der Waals surface area contributed by atoms with E-state index in [0.29, 0.717) is 0 Å². The van der Waals surface area contributed by atoms with Gasteiger partial charge in [-0.15, -0.1) is 0 Å². The Hall–Kier alpha value is -6.59. The number of hydrogen-bond acceptors (Lipinski definition) is 5. The monoisotopic (exact) mass is 674 g/mol. The SMILES string of the molecule is O=C(/C=C/c1ccc(N2N=C(c3ccccc3)CC2c2ccccc2)cc1)/C=C/c1ccc(N2N=C(c3ccccc3)CC2c2ccccc2)cc1. The first-order chi connectivity index (χ1) is 25.7. The predicted octanol–water partition coefficient (Wildman–Crippen LogP) is 10.7. The summed E-state index contributed by atoms with van der Waals surface area (Å²) in [5, 5.41) is 14.4. The molecule has 0 saturated heterocycles. The van der Waals surface area contributed by atoms with Crippen molar-refractivity contribution in [3.63, 3.8) is 0 Å². The fraction of sp³-hybridized carbons (Fsp3) is 0.0851. The molecule has 0 aromatic heterocycles. The molecule has 5 heteroatoms. The van der Waals surface area contributed by atoms with Crippen LogP contribution in [0.4, 0.5) is 11.4 Å². The Balaban J connectivity index is 0.937. The van der Waals surface area contributed by atoms with Gasteiger partial charge < -0.3 is 0 Å². The fourth-order valence-corrected chi connectivity index (χ4v) is 6.87. The molecule has 52 heavy (non-hydrogen) atoms. The number of carbonyl (C=O) groups is 1. The minimum absolute atomic E-state index is 0.0743. The highest BCUT2D eigenvalue weighted by Gasteiger charge is 2.31. The van der Waals surface area contributed by atoms with Crippen LogP contribution in [0.5, 0.6) is 0 Å². The summed E-state index contributed by atoms with van der Waals surface area (Å²) in [5.74, 6) is -0.0743. The van der Waals surface area contributed by atoms with E-state index in [9.17, 15) is 4.79 Å². The number of ketones is 1. The summed E-state index contributed by atoms with van der Waals surface area (Å²) in [6.45, 7) is 0. The van der Waals surface area contributed by atoms with E-state index in [2.05, 4.69) is 131 Å². The Bertz CT molecular complexity index is 2080. The average molecular weight is 675 g/mol. The van der Waals surface area contributed by atoms with Crippen LogP contribution in [-0.4, -0.2) is 17.2 Å². The van der Waals surface area contributed by atoms with Crippen molar-refractivity contribution in [3.8, 4) is 0 Å². The molecule has 8 rings (SSSR count). The summed E-state index contributed by atoms with van der Waals surface area (Å²) in [5.41, 5.74) is 10.8. The molecule has 2 atom stereocenters. The number of benzene rings is 6. The zero-order chi connectivity index (χ0) is 35.1. The summed E-state index contributed by atoms with van der Waals surface area (Å²) in [4.78, 5) is 12.9. The van der Waals surface area contributed by atoms with Crippen molar-refractivity contribution in [1.82, 2.24) is 0 Å². The standard InChI is InChI=1S/C47H38N4O/c52-43(31-25-35-21-27-41(28-22-35)50-46(39-17-9-3-10-18-39)33-44(48-50)37-13-5-1-6-14-37)32-26-36-23-29-42(30-24-36)51-47(40-19-11-4-12-20-40)34-45(49-51)38-15-7-2-8-16-38/h1-32,46-47H,33-34H2/b31-25+,32-26+. The predicted molar refractivity (Wildman–Crippen MR) is 214 cm³/mol. The molecule has 0 fully saturated rings. The van der Waals surface area contributed by atoms with Crippen LogP contribution in [0, 0.1) is 0 Å². The van der Waals surface area contributed by atoms with Crippen LogP contribution in [0.1, 0.15) is 58.3 Å². The van der Waals surface area contributed by atoms with Crippen LogP contribution in [0.3, 0.4) is 0 Å². The van der Waals surface area contributed by atoms with E-state index in [1.54, 1.807) is 12.2 Å². The smallest absolute Gasteiger partial charge is 0.178 e. The average Bonchev–Trinajstić information content (AvgIpc) is 3.88. The van der Waals surface area contributed by atoms with Gasteiger partial charge in [-0.3, -0.25) is 14.8 Å². The van der Waals surface area contributed by atoms with Gasteiger partial charge in [0, 0.05) is 12.8 Å². The first kappa shape index (κ1) is 32.6. The van der Waals surface area contributed by atoms with E-state index in [1.807, 2.05) is 60.7 Å². The summed E-state index contributed by atoms with van der Waals surface area (Å²) >= 11 is 0. The molecule has 2 unspecified atom stereocenters. The zero-order valence-corrected chi connectivity index (χ0v) is 28.7. The molecule has 2 heterocycles. The number of nitrogens with zero attached hydrogens (tertiary/aromatic N) is 4. The minimum Gasteiger partial charge on any atom is -0.290 e. The molecular weight excluding hydrogens is 637 g/mol. The van der Waals surface area contributed by atoms with E-state index < -0.39 is 0 Å². The lowest BCUT2D eigenvalue weighted by molar-refractivity contribution is -0.110. The lowest BCUT2D eigenvalue weighted by atomic mass is 9.98. The van der Waals surface area contributed by atoms with Crippen LogP contribution in [0.25, 0.3) is 12.2 Å². The summed E-state index contributed by atoms with van der Waals surface area (Å²) < 4.78 is 0. The van der Waals surface area contributed by atoms with Crippen LogP contribution in [-0.2, 0) is 4.79 Å². The highest BCUT2D eigenvalue weighted by molar-refractivity contribution is 6.05. The van der Waals surface area contributed by atoms with Gasteiger partial charge in [-0.05, 0) is 69.8 Å². The molecule has 0 spiro atoms. The van der Waals surface area contributed by atoms with Crippen molar-refractivity contribution in [1.29, 1.82) is 0 Å². The van der Waals surface area contributed by atoms with Crippen molar-refractivity contribution >= 4 is 40.7 Å². The first-order valence-corrected chi connectivity index (χ1v) is 17.7. The van der Waals surface area contributed by atoms with E-state index in [4.69, 9.17) is 10.2 Å². The Morgan fingerprint density at radius 2 is 0.808 bits per heavy atom. The van der Waals surface area contributed by atoms with Gasteiger partial charge in [0.1, 0.15) is 0 Å². The van der Waals surface area contributed by atoms with Crippen LogP contribution in [0.2, 0.25) is 0 Å². The molecule has 6 aromatic rings. The van der Waals surface area contributed by atoms with E-state index in [0.717, 1.165) is 57.9 Å². The number of carbonyl (C=O) groups excluding carboxylic acids is 1. The molecule has 252 valence electrons. The maximum Gasteiger partial charge on any atom is 0.178 e.